The Labute approximate surface area is 128 Å². The Bertz CT molecular complexity index is 799. The summed E-state index contributed by atoms with van der Waals surface area (Å²) in [7, 11) is 0. The molecule has 3 rings (SSSR count). The van der Waals surface area contributed by atoms with Gasteiger partial charge in [-0.05, 0) is 24.6 Å². The number of fused-ring (bicyclic) bond motifs is 1. The molecule has 3 aromatic rings. The van der Waals surface area contributed by atoms with Crippen molar-refractivity contribution in [1.82, 2.24) is 4.98 Å². The normalized spacial score (nSPS) is 10.9. The molecule has 1 aromatic carbocycles. The second-order valence-electron chi connectivity index (χ2n) is 4.31. The fourth-order valence-electron chi connectivity index (χ4n) is 1.88. The first-order chi connectivity index (χ1) is 10.1. The third kappa shape index (κ3) is 3.14. The van der Waals surface area contributed by atoms with Gasteiger partial charge < -0.3 is 9.73 Å². The minimum atomic E-state index is -0.457. The van der Waals surface area contributed by atoms with Gasteiger partial charge in [0.1, 0.15) is 5.52 Å². The molecule has 0 saturated carbocycles. The van der Waals surface area contributed by atoms with Crippen LogP contribution in [0.3, 0.4) is 0 Å². The molecule has 0 spiro atoms. The van der Waals surface area contributed by atoms with Gasteiger partial charge in [-0.3, -0.25) is 10.1 Å². The minimum Gasteiger partial charge on any atom is -0.424 e. The van der Waals surface area contributed by atoms with Crippen molar-refractivity contribution in [2.75, 3.05) is 11.9 Å². The molecule has 0 atom stereocenters. The van der Waals surface area contributed by atoms with Crippen LogP contribution in [-0.2, 0) is 6.42 Å². The molecule has 6 nitrogen and oxygen atoms in total. The standard InChI is InChI=1S/C13H10ClN3O3S/c14-12-4-2-9(21-12)5-6-15-13-16-10-7-8(17(18)19)1-3-11(10)20-13/h1-4,7H,5-6H2,(H,15,16). The number of aromatic nitrogens is 1. The van der Waals surface area contributed by atoms with E-state index in [1.54, 1.807) is 6.07 Å². The van der Waals surface area contributed by atoms with Crippen LogP contribution in [0.25, 0.3) is 11.1 Å². The van der Waals surface area contributed by atoms with Crippen LogP contribution in [0.1, 0.15) is 4.88 Å². The first kappa shape index (κ1) is 13.8. The summed E-state index contributed by atoms with van der Waals surface area (Å²) in [5.74, 6) is 0. The molecule has 8 heteroatoms. The number of oxazole rings is 1. The van der Waals surface area contributed by atoms with Gasteiger partial charge in [-0.25, -0.2) is 0 Å². The summed E-state index contributed by atoms with van der Waals surface area (Å²) in [6.45, 7) is 0.645. The lowest BCUT2D eigenvalue weighted by molar-refractivity contribution is -0.384. The highest BCUT2D eigenvalue weighted by Crippen LogP contribution is 2.24. The van der Waals surface area contributed by atoms with Gasteiger partial charge in [-0.15, -0.1) is 11.3 Å². The molecule has 108 valence electrons. The molecule has 0 aliphatic rings. The van der Waals surface area contributed by atoms with E-state index < -0.39 is 4.92 Å². The van der Waals surface area contributed by atoms with Crippen LogP contribution < -0.4 is 5.32 Å². The molecule has 0 fully saturated rings. The second-order valence-corrected chi connectivity index (χ2v) is 6.11. The van der Waals surface area contributed by atoms with E-state index in [1.165, 1.54) is 28.3 Å². The molecular weight excluding hydrogens is 314 g/mol. The summed E-state index contributed by atoms with van der Waals surface area (Å²) in [5, 5.41) is 13.8. The number of nitrogens with zero attached hydrogens (tertiary/aromatic N) is 2. The van der Waals surface area contributed by atoms with Crippen LogP contribution in [0.4, 0.5) is 11.7 Å². The van der Waals surface area contributed by atoms with Crippen molar-refractivity contribution in [1.29, 1.82) is 0 Å². The highest BCUT2D eigenvalue weighted by Gasteiger charge is 2.11. The van der Waals surface area contributed by atoms with Crippen LogP contribution in [0.2, 0.25) is 4.34 Å². The van der Waals surface area contributed by atoms with Crippen molar-refractivity contribution in [2.24, 2.45) is 0 Å². The fraction of sp³-hybridized carbons (Fsp3) is 0.154. The number of anilines is 1. The van der Waals surface area contributed by atoms with E-state index in [0.717, 1.165) is 10.8 Å². The Morgan fingerprint density at radius 1 is 1.38 bits per heavy atom. The number of nitro groups is 1. The molecule has 0 aliphatic heterocycles. The lowest BCUT2D eigenvalue weighted by atomic mass is 10.3. The van der Waals surface area contributed by atoms with Gasteiger partial charge in [0, 0.05) is 23.6 Å². The number of nitrogens with one attached hydrogen (secondary N) is 1. The van der Waals surface area contributed by atoms with E-state index in [1.807, 2.05) is 12.1 Å². The monoisotopic (exact) mass is 323 g/mol. The summed E-state index contributed by atoms with van der Waals surface area (Å²) in [5.41, 5.74) is 0.976. The number of hydrogen-bond acceptors (Lipinski definition) is 6. The Kier molecular flexibility index (Phi) is 3.76. The van der Waals surface area contributed by atoms with E-state index >= 15 is 0 Å². The van der Waals surface area contributed by atoms with Gasteiger partial charge in [0.2, 0.25) is 0 Å². The number of benzene rings is 1. The van der Waals surface area contributed by atoms with Gasteiger partial charge in [0.05, 0.1) is 9.26 Å². The van der Waals surface area contributed by atoms with Crippen molar-refractivity contribution in [3.63, 3.8) is 0 Å². The van der Waals surface area contributed by atoms with E-state index in [-0.39, 0.29) is 5.69 Å². The zero-order chi connectivity index (χ0) is 14.8. The Hall–Kier alpha value is -2.12. The Morgan fingerprint density at radius 3 is 2.95 bits per heavy atom. The minimum absolute atomic E-state index is 0.00409. The summed E-state index contributed by atoms with van der Waals surface area (Å²) in [6, 6.07) is 8.52. The van der Waals surface area contributed by atoms with Gasteiger partial charge in [-0.1, -0.05) is 11.6 Å². The van der Waals surface area contributed by atoms with E-state index in [2.05, 4.69) is 10.3 Å². The molecule has 0 bridgehead atoms. The molecule has 0 radical (unpaired) electrons. The van der Waals surface area contributed by atoms with Crippen molar-refractivity contribution < 1.29 is 9.34 Å². The second kappa shape index (κ2) is 5.71. The van der Waals surface area contributed by atoms with Crippen LogP contribution in [0, 0.1) is 10.1 Å². The summed E-state index contributed by atoms with van der Waals surface area (Å²) in [6.07, 6.45) is 0.802. The molecule has 0 saturated heterocycles. The van der Waals surface area contributed by atoms with E-state index in [0.29, 0.717) is 23.7 Å². The van der Waals surface area contributed by atoms with Crippen LogP contribution >= 0.6 is 22.9 Å². The maximum absolute atomic E-state index is 10.7. The van der Waals surface area contributed by atoms with Crippen LogP contribution in [0.5, 0.6) is 0 Å². The topological polar surface area (TPSA) is 81.2 Å². The number of rotatable bonds is 5. The maximum Gasteiger partial charge on any atom is 0.295 e. The van der Waals surface area contributed by atoms with Crippen molar-refractivity contribution in [3.05, 3.63) is 49.7 Å². The SMILES string of the molecule is O=[N+]([O-])c1ccc2oc(NCCc3ccc(Cl)s3)nc2c1. The van der Waals surface area contributed by atoms with Gasteiger partial charge in [0.25, 0.3) is 11.7 Å². The molecule has 2 heterocycles. The molecule has 0 unspecified atom stereocenters. The van der Waals surface area contributed by atoms with Crippen LogP contribution in [-0.4, -0.2) is 16.5 Å². The van der Waals surface area contributed by atoms with Crippen molar-refractivity contribution in [3.8, 4) is 0 Å². The summed E-state index contributed by atoms with van der Waals surface area (Å²) >= 11 is 7.39. The number of hydrogen-bond donors (Lipinski definition) is 1. The largest absolute Gasteiger partial charge is 0.424 e. The third-order valence-electron chi connectivity index (χ3n) is 2.86. The number of thiophene rings is 1. The number of halogens is 1. The average molecular weight is 324 g/mol. The van der Waals surface area contributed by atoms with Crippen molar-refractivity contribution >= 4 is 45.7 Å². The maximum atomic E-state index is 10.7. The third-order valence-corrected chi connectivity index (χ3v) is 4.15. The fourth-order valence-corrected chi connectivity index (χ4v) is 2.97. The highest BCUT2D eigenvalue weighted by atomic mass is 35.5. The number of nitro benzene ring substituents is 1. The lowest BCUT2D eigenvalue weighted by Gasteiger charge is -1.98. The molecule has 2 aromatic heterocycles. The Balaban J connectivity index is 1.68. The molecular formula is C13H10ClN3O3S. The number of non-ortho nitro benzene ring substituents is 1. The molecule has 0 aliphatic carbocycles. The quantitative estimate of drug-likeness (QED) is 0.564. The first-order valence-electron chi connectivity index (χ1n) is 6.15. The lowest BCUT2D eigenvalue weighted by Crippen LogP contribution is -2.03. The van der Waals surface area contributed by atoms with Gasteiger partial charge >= 0.3 is 0 Å². The van der Waals surface area contributed by atoms with Crippen molar-refractivity contribution in [2.45, 2.75) is 6.42 Å². The van der Waals surface area contributed by atoms with E-state index in [9.17, 15) is 10.1 Å². The molecule has 1 N–H and O–H groups in total. The summed E-state index contributed by atoms with van der Waals surface area (Å²) < 4.78 is 6.24. The molecule has 0 amide bonds. The van der Waals surface area contributed by atoms with Gasteiger partial charge in [-0.2, -0.15) is 4.98 Å². The zero-order valence-electron chi connectivity index (χ0n) is 10.7. The van der Waals surface area contributed by atoms with Gasteiger partial charge in [0.15, 0.2) is 5.58 Å². The Morgan fingerprint density at radius 2 is 2.24 bits per heavy atom. The predicted molar refractivity (Wildman–Crippen MR) is 82.2 cm³/mol. The smallest absolute Gasteiger partial charge is 0.295 e. The van der Waals surface area contributed by atoms with E-state index in [4.69, 9.17) is 16.0 Å². The summed E-state index contributed by atoms with van der Waals surface area (Å²) in [4.78, 5) is 15.6. The molecule has 21 heavy (non-hydrogen) atoms. The van der Waals surface area contributed by atoms with Crippen LogP contribution in [0.15, 0.2) is 34.7 Å². The zero-order valence-corrected chi connectivity index (χ0v) is 12.3. The predicted octanol–water partition coefficient (Wildman–Crippen LogP) is 4.11. The highest BCUT2D eigenvalue weighted by molar-refractivity contribution is 7.16. The average Bonchev–Trinajstić information content (AvgIpc) is 3.03. The first-order valence-corrected chi connectivity index (χ1v) is 7.34.